The van der Waals surface area contributed by atoms with Crippen molar-refractivity contribution in [1.82, 2.24) is 5.32 Å². The van der Waals surface area contributed by atoms with Crippen LogP contribution in [0.1, 0.15) is 71.1 Å². The van der Waals surface area contributed by atoms with Gasteiger partial charge in [0.05, 0.1) is 0 Å². The molecule has 0 bridgehead atoms. The molecule has 0 aliphatic carbocycles. The van der Waals surface area contributed by atoms with Gasteiger partial charge in [0.15, 0.2) is 0 Å². The fourth-order valence-corrected chi connectivity index (χ4v) is 1.87. The Kier molecular flexibility index (Phi) is 12.5. The van der Waals surface area contributed by atoms with Gasteiger partial charge in [-0.2, -0.15) is 0 Å². The number of carbonyl (C=O) groups excluding carboxylic acids is 2. The number of amides is 1. The molecule has 1 amide bonds. The summed E-state index contributed by atoms with van der Waals surface area (Å²) in [7, 11) is 0. The van der Waals surface area contributed by atoms with Gasteiger partial charge in [-0.05, 0) is 6.42 Å². The number of unbranched alkanes of at least 4 members (excludes halogenated alkanes) is 9. The fourth-order valence-electron chi connectivity index (χ4n) is 1.87. The molecule has 0 unspecified atom stereocenters. The molecule has 3 nitrogen and oxygen atoms in total. The smallest absolute Gasteiger partial charge is 0.284 e. The molecule has 0 aliphatic rings. The van der Waals surface area contributed by atoms with Gasteiger partial charge in [0.2, 0.25) is 6.29 Å². The summed E-state index contributed by atoms with van der Waals surface area (Å²) in [6, 6.07) is 0. The van der Waals surface area contributed by atoms with Crippen molar-refractivity contribution >= 4 is 12.2 Å². The molecule has 0 aliphatic heterocycles. The van der Waals surface area contributed by atoms with Crippen molar-refractivity contribution < 1.29 is 9.59 Å². The van der Waals surface area contributed by atoms with Crippen LogP contribution >= 0.6 is 0 Å². The van der Waals surface area contributed by atoms with Crippen LogP contribution in [0.4, 0.5) is 0 Å². The van der Waals surface area contributed by atoms with Gasteiger partial charge in [-0.25, -0.2) is 0 Å². The minimum Gasteiger partial charge on any atom is -0.350 e. The van der Waals surface area contributed by atoms with Crippen LogP contribution in [0.5, 0.6) is 0 Å². The van der Waals surface area contributed by atoms with E-state index in [-0.39, 0.29) is 0 Å². The molecular weight excluding hydrogens is 214 g/mol. The second-order valence-corrected chi connectivity index (χ2v) is 4.59. The second kappa shape index (κ2) is 13.2. The molecule has 3 heteroatoms. The summed E-state index contributed by atoms with van der Waals surface area (Å²) >= 11 is 0. The fraction of sp³-hybridized carbons (Fsp3) is 0.857. The Balaban J connectivity index is 2.98. The molecule has 1 N–H and O–H groups in total. The second-order valence-electron chi connectivity index (χ2n) is 4.59. The zero-order valence-corrected chi connectivity index (χ0v) is 11.2. The highest BCUT2D eigenvalue weighted by molar-refractivity contribution is 6.23. The quantitative estimate of drug-likeness (QED) is 0.324. The zero-order valence-electron chi connectivity index (χ0n) is 11.2. The van der Waals surface area contributed by atoms with Crippen LogP contribution in [-0.2, 0) is 9.59 Å². The molecule has 0 aromatic carbocycles. The van der Waals surface area contributed by atoms with Crippen LogP contribution in [0.25, 0.3) is 0 Å². The largest absolute Gasteiger partial charge is 0.350 e. The van der Waals surface area contributed by atoms with Crippen molar-refractivity contribution in [2.45, 2.75) is 71.1 Å². The maximum absolute atomic E-state index is 10.6. The van der Waals surface area contributed by atoms with Gasteiger partial charge in [0, 0.05) is 6.54 Å². The Morgan fingerprint density at radius 3 is 1.82 bits per heavy atom. The highest BCUT2D eigenvalue weighted by Crippen LogP contribution is 2.10. The van der Waals surface area contributed by atoms with Crippen molar-refractivity contribution in [1.29, 1.82) is 0 Å². The Bertz CT molecular complexity index is 193. The standard InChI is InChI=1S/C14H27NO2/c1-2-3-4-5-6-7-8-9-10-11-12-15-14(17)13-16/h13H,2-12H2,1H3,(H,15,17). The number of rotatable bonds is 12. The maximum atomic E-state index is 10.6. The van der Waals surface area contributed by atoms with E-state index in [1.165, 1.54) is 51.4 Å². The van der Waals surface area contributed by atoms with Crippen molar-refractivity contribution in [3.05, 3.63) is 0 Å². The molecule has 17 heavy (non-hydrogen) atoms. The summed E-state index contributed by atoms with van der Waals surface area (Å²) < 4.78 is 0. The van der Waals surface area contributed by atoms with Crippen LogP contribution in [0, 0.1) is 0 Å². The summed E-state index contributed by atoms with van der Waals surface area (Å²) in [4.78, 5) is 20.6. The van der Waals surface area contributed by atoms with Crippen molar-refractivity contribution in [2.24, 2.45) is 0 Å². The molecule has 0 radical (unpaired) electrons. The van der Waals surface area contributed by atoms with Gasteiger partial charge in [-0.3, -0.25) is 9.59 Å². The number of carbonyl (C=O) groups is 2. The van der Waals surface area contributed by atoms with E-state index in [0.717, 1.165) is 12.8 Å². The van der Waals surface area contributed by atoms with Crippen LogP contribution in [-0.4, -0.2) is 18.7 Å². The molecule has 0 rings (SSSR count). The first-order valence-electron chi connectivity index (χ1n) is 7.04. The molecule has 0 saturated heterocycles. The Morgan fingerprint density at radius 1 is 0.882 bits per heavy atom. The van der Waals surface area contributed by atoms with Crippen LogP contribution in [0.3, 0.4) is 0 Å². The molecule has 0 heterocycles. The minimum atomic E-state index is -0.499. The lowest BCUT2D eigenvalue weighted by atomic mass is 10.1. The van der Waals surface area contributed by atoms with Gasteiger partial charge in [0.1, 0.15) is 0 Å². The third kappa shape index (κ3) is 13.1. The summed E-state index contributed by atoms with van der Waals surface area (Å²) in [5.74, 6) is -0.499. The highest BCUT2D eigenvalue weighted by Gasteiger charge is 1.96. The number of aldehydes is 1. The summed E-state index contributed by atoms with van der Waals surface area (Å²) in [6.07, 6.45) is 13.1. The molecule has 0 aromatic rings. The zero-order chi connectivity index (χ0) is 12.8. The van der Waals surface area contributed by atoms with Crippen LogP contribution in [0.15, 0.2) is 0 Å². The van der Waals surface area contributed by atoms with Crippen molar-refractivity contribution in [3.8, 4) is 0 Å². The van der Waals surface area contributed by atoms with Crippen molar-refractivity contribution in [3.63, 3.8) is 0 Å². The Labute approximate surface area is 105 Å². The lowest BCUT2D eigenvalue weighted by Crippen LogP contribution is -2.24. The number of hydrogen-bond acceptors (Lipinski definition) is 2. The first-order chi connectivity index (χ1) is 8.31. The van der Waals surface area contributed by atoms with E-state index in [2.05, 4.69) is 12.2 Å². The molecule has 0 saturated carbocycles. The summed E-state index contributed by atoms with van der Waals surface area (Å²) in [6.45, 7) is 2.87. The number of nitrogens with one attached hydrogen (secondary N) is 1. The third-order valence-electron chi connectivity index (χ3n) is 2.94. The van der Waals surface area contributed by atoms with Gasteiger partial charge >= 0.3 is 0 Å². The van der Waals surface area contributed by atoms with Gasteiger partial charge in [0.25, 0.3) is 5.91 Å². The van der Waals surface area contributed by atoms with Crippen LogP contribution in [0.2, 0.25) is 0 Å². The van der Waals surface area contributed by atoms with Gasteiger partial charge in [-0.1, -0.05) is 64.7 Å². The monoisotopic (exact) mass is 241 g/mol. The molecule has 0 spiro atoms. The van der Waals surface area contributed by atoms with E-state index in [1.54, 1.807) is 0 Å². The van der Waals surface area contributed by atoms with E-state index in [9.17, 15) is 9.59 Å². The van der Waals surface area contributed by atoms with Crippen molar-refractivity contribution in [2.75, 3.05) is 6.54 Å². The Morgan fingerprint density at radius 2 is 1.35 bits per heavy atom. The van der Waals surface area contributed by atoms with Gasteiger partial charge < -0.3 is 5.32 Å². The third-order valence-corrected chi connectivity index (χ3v) is 2.94. The van der Waals surface area contributed by atoms with Crippen LogP contribution < -0.4 is 5.32 Å². The molecule has 100 valence electrons. The maximum Gasteiger partial charge on any atom is 0.284 e. The first-order valence-corrected chi connectivity index (χ1v) is 7.04. The average Bonchev–Trinajstić information content (AvgIpc) is 2.35. The molecule has 0 aromatic heterocycles. The lowest BCUT2D eigenvalue weighted by Gasteiger charge is -2.02. The van der Waals surface area contributed by atoms with E-state index in [4.69, 9.17) is 0 Å². The van der Waals surface area contributed by atoms with E-state index < -0.39 is 5.91 Å². The predicted octanol–water partition coefficient (Wildman–Crippen LogP) is 3.22. The molecule has 0 fully saturated rings. The van der Waals surface area contributed by atoms with Gasteiger partial charge in [-0.15, -0.1) is 0 Å². The predicted molar refractivity (Wildman–Crippen MR) is 70.9 cm³/mol. The summed E-state index contributed by atoms with van der Waals surface area (Å²) in [5, 5.41) is 2.55. The van der Waals surface area contributed by atoms with E-state index in [0.29, 0.717) is 12.8 Å². The number of hydrogen-bond donors (Lipinski definition) is 1. The summed E-state index contributed by atoms with van der Waals surface area (Å²) in [5.41, 5.74) is 0. The minimum absolute atomic E-state index is 0.330. The Hall–Kier alpha value is -0.860. The molecule has 0 atom stereocenters. The average molecular weight is 241 g/mol. The molecular formula is C14H27NO2. The van der Waals surface area contributed by atoms with E-state index >= 15 is 0 Å². The SMILES string of the molecule is CCCCCCCCCCCCNC(=O)C=O. The first kappa shape index (κ1) is 16.1. The highest BCUT2D eigenvalue weighted by atomic mass is 16.2. The topological polar surface area (TPSA) is 46.2 Å². The lowest BCUT2D eigenvalue weighted by molar-refractivity contribution is -0.131. The normalized spacial score (nSPS) is 10.2. The van der Waals surface area contributed by atoms with E-state index in [1.807, 2.05) is 0 Å².